The van der Waals surface area contributed by atoms with Crippen LogP contribution in [0.15, 0.2) is 65.8 Å². The maximum absolute atomic E-state index is 12.6. The highest BCUT2D eigenvalue weighted by molar-refractivity contribution is 6.08. The number of carboxylic acids is 1. The van der Waals surface area contributed by atoms with E-state index >= 15 is 0 Å². The summed E-state index contributed by atoms with van der Waals surface area (Å²) in [4.78, 5) is 27.0. The zero-order valence-corrected chi connectivity index (χ0v) is 24.9. The lowest BCUT2D eigenvalue weighted by molar-refractivity contribution is -0.597. The van der Waals surface area contributed by atoms with E-state index in [2.05, 4.69) is 86.6 Å². The van der Waals surface area contributed by atoms with Crippen LogP contribution < -0.4 is 4.90 Å². The van der Waals surface area contributed by atoms with Crippen LogP contribution >= 0.6 is 0 Å². The molecule has 0 aromatic heterocycles. The summed E-state index contributed by atoms with van der Waals surface area (Å²) in [5.74, 6) is -1.20. The predicted octanol–water partition coefficient (Wildman–Crippen LogP) is 5.74. The second-order valence-electron chi connectivity index (χ2n) is 13.2. The number of carbonyl (C=O) groups excluding carboxylic acids is 1. The first kappa shape index (κ1) is 27.3. The summed E-state index contributed by atoms with van der Waals surface area (Å²) in [6.07, 6.45) is 7.70. The van der Waals surface area contributed by atoms with E-state index in [1.807, 2.05) is 6.07 Å². The Balaban J connectivity index is 1.59. The van der Waals surface area contributed by atoms with Crippen LogP contribution in [0, 0.1) is 5.92 Å². The number of allylic oxidation sites excluding steroid dienone is 5. The number of aromatic carboxylic acids is 1. The van der Waals surface area contributed by atoms with Gasteiger partial charge in [-0.2, -0.15) is 0 Å². The lowest BCUT2D eigenvalue weighted by atomic mass is 9.63. The van der Waals surface area contributed by atoms with Crippen molar-refractivity contribution in [2.45, 2.75) is 51.9 Å². The van der Waals surface area contributed by atoms with Gasteiger partial charge in [0, 0.05) is 36.3 Å². The van der Waals surface area contributed by atoms with E-state index < -0.39 is 5.97 Å². The Hall–Kier alpha value is -3.93. The quantitative estimate of drug-likeness (QED) is 0.388. The zero-order chi connectivity index (χ0) is 29.3. The van der Waals surface area contributed by atoms with Crippen molar-refractivity contribution in [3.63, 3.8) is 0 Å². The molecule has 0 amide bonds. The number of esters is 1. The minimum absolute atomic E-state index is 0.107. The number of methoxy groups -OCH3 is 1. The van der Waals surface area contributed by atoms with Crippen LogP contribution in [0.5, 0.6) is 0 Å². The molecule has 0 atom stereocenters. The van der Waals surface area contributed by atoms with Gasteiger partial charge in [0.15, 0.2) is 24.7 Å². The molecule has 0 unspecified atom stereocenters. The zero-order valence-electron chi connectivity index (χ0n) is 24.9. The highest BCUT2D eigenvalue weighted by Gasteiger charge is 2.43. The van der Waals surface area contributed by atoms with Gasteiger partial charge in [0.2, 0.25) is 0 Å². The number of ether oxygens (including phenoxy) is 1. The van der Waals surface area contributed by atoms with E-state index in [1.54, 1.807) is 6.07 Å². The maximum Gasteiger partial charge on any atom is 0.336 e. The number of carbonyl (C=O) groups is 2. The number of carboxylic acid groups (broad SMARTS) is 1. The molecule has 0 bridgehead atoms. The molecule has 2 aliphatic heterocycles. The Morgan fingerprint density at radius 2 is 1.76 bits per heavy atom. The molecule has 4 aliphatic rings. The van der Waals surface area contributed by atoms with Crippen molar-refractivity contribution >= 4 is 28.9 Å². The van der Waals surface area contributed by atoms with Crippen LogP contribution in [0.2, 0.25) is 0 Å². The van der Waals surface area contributed by atoms with E-state index in [9.17, 15) is 14.7 Å². The molecule has 2 aromatic rings. The van der Waals surface area contributed by atoms with Crippen molar-refractivity contribution < 1.29 is 24.0 Å². The van der Waals surface area contributed by atoms with Gasteiger partial charge in [-0.25, -0.2) is 9.37 Å². The lowest BCUT2D eigenvalue weighted by Crippen LogP contribution is -2.47. The third-order valence-electron chi connectivity index (χ3n) is 9.28. The molecule has 6 heteroatoms. The second kappa shape index (κ2) is 9.57. The molecule has 2 aliphatic carbocycles. The van der Waals surface area contributed by atoms with E-state index in [0.717, 1.165) is 52.2 Å². The lowest BCUT2D eigenvalue weighted by Gasteiger charge is -2.41. The fraction of sp³-hybridized carbons (Fsp3) is 0.400. The normalized spacial score (nSPS) is 21.0. The first-order chi connectivity index (χ1) is 19.4. The van der Waals surface area contributed by atoms with Crippen molar-refractivity contribution in [1.29, 1.82) is 0 Å². The summed E-state index contributed by atoms with van der Waals surface area (Å²) in [6, 6.07) is 12.5. The van der Waals surface area contributed by atoms with Gasteiger partial charge < -0.3 is 14.7 Å². The van der Waals surface area contributed by atoms with Crippen molar-refractivity contribution in [2.75, 3.05) is 38.2 Å². The molecule has 212 valence electrons. The predicted molar refractivity (Wildman–Crippen MR) is 162 cm³/mol. The average molecular weight is 552 g/mol. The Kier molecular flexibility index (Phi) is 6.36. The van der Waals surface area contributed by atoms with Gasteiger partial charge in [0.25, 0.3) is 0 Å². The molecule has 2 saturated heterocycles. The summed E-state index contributed by atoms with van der Waals surface area (Å²) in [7, 11) is 1.44. The first-order valence-corrected chi connectivity index (χ1v) is 14.5. The number of fused-ring (bicyclic) bond motifs is 2. The number of rotatable bonds is 4. The third kappa shape index (κ3) is 4.44. The van der Waals surface area contributed by atoms with Gasteiger partial charge in [-0.3, -0.25) is 4.79 Å². The number of nitrogens with zero attached hydrogens (tertiary/aromatic N) is 2. The fourth-order valence-electron chi connectivity index (χ4n) is 6.49. The molecule has 1 N–H and O–H groups in total. The summed E-state index contributed by atoms with van der Waals surface area (Å²) < 4.78 is 7.17. The standard InChI is InChI=1S/C35H38N2O4/c1-34(2,3)22-8-11-25(32(38)39)28(16-22)31-26-12-9-23(36-14-7-15-36)17-29(26)35(4,5)30-18-24(10-13-27(30)31)37-19-21(20-37)33(40)41-6/h8-13,16-18,21H,7,14-15,19-20H2,1-6H3/p+1. The van der Waals surface area contributed by atoms with E-state index in [0.29, 0.717) is 18.7 Å². The second-order valence-corrected chi connectivity index (χ2v) is 13.2. The molecule has 2 fully saturated rings. The fourth-order valence-corrected chi connectivity index (χ4v) is 6.49. The topological polar surface area (TPSA) is 69.8 Å². The number of anilines is 1. The van der Waals surface area contributed by atoms with Gasteiger partial charge in [-0.1, -0.05) is 46.8 Å². The summed E-state index contributed by atoms with van der Waals surface area (Å²) >= 11 is 0. The van der Waals surface area contributed by atoms with Crippen molar-refractivity contribution in [2.24, 2.45) is 5.92 Å². The van der Waals surface area contributed by atoms with Crippen LogP contribution in [0.25, 0.3) is 5.57 Å². The van der Waals surface area contributed by atoms with Crippen LogP contribution in [-0.2, 0) is 20.4 Å². The monoisotopic (exact) mass is 551 g/mol. The molecule has 2 aromatic carbocycles. The van der Waals surface area contributed by atoms with Crippen molar-refractivity contribution in [1.82, 2.24) is 0 Å². The molecular formula is C35H39N2O4+. The summed E-state index contributed by atoms with van der Waals surface area (Å²) in [6.45, 7) is 14.4. The van der Waals surface area contributed by atoms with E-state index in [1.165, 1.54) is 24.8 Å². The van der Waals surface area contributed by atoms with Gasteiger partial charge in [0.05, 0.1) is 12.7 Å². The molecule has 0 saturated carbocycles. The average Bonchev–Trinajstić information content (AvgIpc) is 2.86. The molecule has 41 heavy (non-hydrogen) atoms. The number of hydrogen-bond acceptors (Lipinski definition) is 4. The van der Waals surface area contributed by atoms with E-state index in [4.69, 9.17) is 4.74 Å². The summed E-state index contributed by atoms with van der Waals surface area (Å²) in [5.41, 5.74) is 9.47. The van der Waals surface area contributed by atoms with Crippen LogP contribution in [0.3, 0.4) is 0 Å². The Bertz CT molecular complexity index is 1600. The highest BCUT2D eigenvalue weighted by atomic mass is 16.5. The molecule has 6 rings (SSSR count). The van der Waals surface area contributed by atoms with Gasteiger partial charge in [-0.15, -0.1) is 0 Å². The number of hydrogen-bond donors (Lipinski definition) is 1. The van der Waals surface area contributed by atoms with Crippen molar-refractivity contribution in [3.05, 3.63) is 93.6 Å². The van der Waals surface area contributed by atoms with Gasteiger partial charge in [-0.05, 0) is 81.2 Å². The molecule has 6 nitrogen and oxygen atoms in total. The minimum Gasteiger partial charge on any atom is -0.478 e. The van der Waals surface area contributed by atoms with Gasteiger partial charge in [0.1, 0.15) is 0 Å². The third-order valence-corrected chi connectivity index (χ3v) is 9.28. The smallest absolute Gasteiger partial charge is 0.336 e. The Labute approximate surface area is 242 Å². The largest absolute Gasteiger partial charge is 0.478 e. The van der Waals surface area contributed by atoms with Crippen LogP contribution in [0.1, 0.15) is 73.7 Å². The highest BCUT2D eigenvalue weighted by Crippen LogP contribution is 2.51. The van der Waals surface area contributed by atoms with Crippen LogP contribution in [0.4, 0.5) is 5.69 Å². The molecular weight excluding hydrogens is 512 g/mol. The minimum atomic E-state index is -0.927. The molecule has 0 spiro atoms. The Morgan fingerprint density at radius 1 is 1.02 bits per heavy atom. The van der Waals surface area contributed by atoms with E-state index in [-0.39, 0.29) is 22.7 Å². The molecule has 0 radical (unpaired) electrons. The maximum atomic E-state index is 12.6. The SMILES string of the molecule is COC(=O)C1C[N+](=C2C=CC3=C(c4cc(C(C)(C)C)ccc4C(=O)O)c4ccc(N5CCC5)cc4C(C)(C)C3=C2)C1. The van der Waals surface area contributed by atoms with Crippen LogP contribution in [-0.4, -0.2) is 60.6 Å². The number of benzene rings is 2. The first-order valence-electron chi connectivity index (χ1n) is 14.5. The van der Waals surface area contributed by atoms with Crippen molar-refractivity contribution in [3.8, 4) is 0 Å². The molecule has 2 heterocycles. The van der Waals surface area contributed by atoms with Gasteiger partial charge >= 0.3 is 11.9 Å². The Morgan fingerprint density at radius 3 is 2.37 bits per heavy atom. The summed E-state index contributed by atoms with van der Waals surface area (Å²) in [5, 5.41) is 10.3.